The van der Waals surface area contributed by atoms with Crippen LogP contribution in [0.15, 0.2) is 42.9 Å². The van der Waals surface area contributed by atoms with Gasteiger partial charge in [-0.05, 0) is 36.5 Å². The molecule has 3 aromatic heterocycles. The van der Waals surface area contributed by atoms with Gasteiger partial charge in [-0.2, -0.15) is 5.10 Å². The summed E-state index contributed by atoms with van der Waals surface area (Å²) in [4.78, 5) is 23.3. The molecule has 1 N–H and O–H groups in total. The van der Waals surface area contributed by atoms with Crippen LogP contribution in [-0.4, -0.2) is 56.3 Å². The van der Waals surface area contributed by atoms with E-state index in [9.17, 15) is 4.79 Å². The summed E-state index contributed by atoms with van der Waals surface area (Å²) in [5.74, 6) is 1.36. The predicted molar refractivity (Wildman–Crippen MR) is 115 cm³/mol. The third-order valence-electron chi connectivity index (χ3n) is 4.98. The molecule has 1 aliphatic rings. The molecule has 0 spiro atoms. The van der Waals surface area contributed by atoms with E-state index in [1.54, 1.807) is 21.8 Å². The Hall–Kier alpha value is -3.16. The number of fused-ring (bicyclic) bond motifs is 1. The quantitative estimate of drug-likeness (QED) is 0.706. The van der Waals surface area contributed by atoms with Crippen molar-refractivity contribution in [2.75, 3.05) is 25.0 Å². The number of aromatic nitrogens is 4. The Morgan fingerprint density at radius 3 is 3.00 bits per heavy atom. The lowest BCUT2D eigenvalue weighted by molar-refractivity contribution is 0.0657. The molecule has 0 saturated carbocycles. The third-order valence-corrected chi connectivity index (χ3v) is 4.98. The fourth-order valence-corrected chi connectivity index (χ4v) is 3.52. The zero-order valence-electron chi connectivity index (χ0n) is 17.7. The molecule has 158 valence electrons. The summed E-state index contributed by atoms with van der Waals surface area (Å²) in [5, 5.41) is 7.82. The Bertz CT molecular complexity index is 1030. The molecule has 4 heterocycles. The van der Waals surface area contributed by atoms with E-state index >= 15 is 0 Å². The third kappa shape index (κ3) is 4.69. The highest BCUT2D eigenvalue weighted by Gasteiger charge is 2.26. The minimum Gasteiger partial charge on any atom is -0.449 e. The van der Waals surface area contributed by atoms with Crippen molar-refractivity contribution >= 4 is 17.4 Å². The monoisotopic (exact) mass is 408 g/mol. The van der Waals surface area contributed by atoms with Crippen LogP contribution >= 0.6 is 0 Å². The zero-order valence-corrected chi connectivity index (χ0v) is 17.7. The number of anilines is 1. The number of likely N-dealkylation sites (tertiary alicyclic amines) is 1. The van der Waals surface area contributed by atoms with E-state index in [0.29, 0.717) is 19.0 Å². The highest BCUT2D eigenvalue weighted by atomic mass is 16.6. The fraction of sp³-hybridized carbons (Fsp3) is 0.455. The first-order valence-corrected chi connectivity index (χ1v) is 10.3. The lowest BCUT2D eigenvalue weighted by Gasteiger charge is -2.33. The van der Waals surface area contributed by atoms with Crippen LogP contribution in [0.2, 0.25) is 0 Å². The van der Waals surface area contributed by atoms with Crippen LogP contribution in [0.1, 0.15) is 33.6 Å². The Kier molecular flexibility index (Phi) is 5.57. The van der Waals surface area contributed by atoms with E-state index in [1.807, 2.05) is 30.5 Å². The molecule has 8 heteroatoms. The van der Waals surface area contributed by atoms with Crippen molar-refractivity contribution in [2.24, 2.45) is 5.41 Å². The maximum atomic E-state index is 12.4. The standard InChI is InChI=1S/C22H28N6O2/c1-22(2,3)15-30-21(29)27-11-6-7-16(14-27)25-19-9-10-23-20(26-19)17-13-24-28-12-5-4-8-18(17)28/h4-5,8-10,12-13,16H,6-7,11,14-15H2,1-3H3,(H,23,25,26). The number of pyridine rings is 1. The number of carbonyl (C=O) groups excluding carboxylic acids is 1. The molecular weight excluding hydrogens is 380 g/mol. The van der Waals surface area contributed by atoms with Gasteiger partial charge in [-0.25, -0.2) is 19.3 Å². The van der Waals surface area contributed by atoms with Crippen LogP contribution in [-0.2, 0) is 4.74 Å². The van der Waals surface area contributed by atoms with Crippen molar-refractivity contribution < 1.29 is 9.53 Å². The lowest BCUT2D eigenvalue weighted by Crippen LogP contribution is -2.45. The molecule has 0 aliphatic carbocycles. The highest BCUT2D eigenvalue weighted by Crippen LogP contribution is 2.23. The van der Waals surface area contributed by atoms with Crippen molar-refractivity contribution in [3.05, 3.63) is 42.9 Å². The van der Waals surface area contributed by atoms with Gasteiger partial charge in [-0.3, -0.25) is 0 Å². The van der Waals surface area contributed by atoms with Gasteiger partial charge in [-0.1, -0.05) is 26.8 Å². The van der Waals surface area contributed by atoms with Crippen LogP contribution in [0.4, 0.5) is 10.6 Å². The second-order valence-corrected chi connectivity index (χ2v) is 8.90. The first-order valence-electron chi connectivity index (χ1n) is 10.3. The minimum absolute atomic E-state index is 0.0431. The van der Waals surface area contributed by atoms with Gasteiger partial charge < -0.3 is 15.0 Å². The summed E-state index contributed by atoms with van der Waals surface area (Å²) in [7, 11) is 0. The predicted octanol–water partition coefficient (Wildman–Crippen LogP) is 3.85. The fourth-order valence-electron chi connectivity index (χ4n) is 3.52. The number of nitrogens with one attached hydrogen (secondary N) is 1. The normalized spacial score (nSPS) is 17.2. The van der Waals surface area contributed by atoms with Crippen LogP contribution in [0.5, 0.6) is 0 Å². The van der Waals surface area contributed by atoms with E-state index in [1.165, 1.54) is 0 Å². The van der Waals surface area contributed by atoms with Crippen molar-refractivity contribution in [2.45, 2.75) is 39.7 Å². The van der Waals surface area contributed by atoms with E-state index in [-0.39, 0.29) is 17.6 Å². The molecule has 1 atom stereocenters. The van der Waals surface area contributed by atoms with Gasteiger partial charge in [0, 0.05) is 31.5 Å². The van der Waals surface area contributed by atoms with Gasteiger partial charge in [-0.15, -0.1) is 0 Å². The molecule has 0 aromatic carbocycles. The molecule has 30 heavy (non-hydrogen) atoms. The minimum atomic E-state index is -0.244. The average molecular weight is 409 g/mol. The van der Waals surface area contributed by atoms with Crippen molar-refractivity contribution in [1.29, 1.82) is 0 Å². The average Bonchev–Trinajstić information content (AvgIpc) is 3.16. The van der Waals surface area contributed by atoms with E-state index < -0.39 is 0 Å². The largest absolute Gasteiger partial charge is 0.449 e. The Balaban J connectivity index is 1.43. The molecule has 1 fully saturated rings. The number of amides is 1. The zero-order chi connectivity index (χ0) is 21.1. The molecule has 1 unspecified atom stereocenters. The van der Waals surface area contributed by atoms with E-state index in [2.05, 4.69) is 41.2 Å². The van der Waals surface area contributed by atoms with Gasteiger partial charge in [0.1, 0.15) is 5.82 Å². The molecule has 1 amide bonds. The Morgan fingerprint density at radius 2 is 2.17 bits per heavy atom. The van der Waals surface area contributed by atoms with Crippen LogP contribution < -0.4 is 5.32 Å². The van der Waals surface area contributed by atoms with Gasteiger partial charge in [0.2, 0.25) is 0 Å². The summed E-state index contributed by atoms with van der Waals surface area (Å²) in [6.45, 7) is 7.89. The topological polar surface area (TPSA) is 84.6 Å². The Labute approximate surface area is 176 Å². The number of hydrogen-bond acceptors (Lipinski definition) is 6. The summed E-state index contributed by atoms with van der Waals surface area (Å²) < 4.78 is 7.28. The number of nitrogens with zero attached hydrogens (tertiary/aromatic N) is 5. The number of rotatable bonds is 4. The number of ether oxygens (including phenoxy) is 1. The smallest absolute Gasteiger partial charge is 0.409 e. The second-order valence-electron chi connectivity index (χ2n) is 8.90. The number of hydrogen-bond donors (Lipinski definition) is 1. The molecule has 0 bridgehead atoms. The first-order chi connectivity index (χ1) is 14.4. The van der Waals surface area contributed by atoms with Crippen molar-refractivity contribution in [1.82, 2.24) is 24.5 Å². The van der Waals surface area contributed by atoms with E-state index in [0.717, 1.165) is 36.3 Å². The van der Waals surface area contributed by atoms with Gasteiger partial charge in [0.15, 0.2) is 5.82 Å². The lowest BCUT2D eigenvalue weighted by atomic mass is 9.99. The van der Waals surface area contributed by atoms with Crippen LogP contribution in [0, 0.1) is 5.41 Å². The highest BCUT2D eigenvalue weighted by molar-refractivity contribution is 5.76. The molecule has 0 radical (unpaired) electrons. The van der Waals surface area contributed by atoms with Gasteiger partial charge in [0.05, 0.1) is 23.9 Å². The summed E-state index contributed by atoms with van der Waals surface area (Å²) >= 11 is 0. The molecule has 4 rings (SSSR count). The Morgan fingerprint density at radius 1 is 1.30 bits per heavy atom. The summed E-state index contributed by atoms with van der Waals surface area (Å²) in [6.07, 6.45) is 7.08. The summed E-state index contributed by atoms with van der Waals surface area (Å²) in [5.41, 5.74) is 1.80. The first kappa shape index (κ1) is 20.1. The molecule has 1 saturated heterocycles. The number of carbonyl (C=O) groups is 1. The SMILES string of the molecule is CC(C)(C)COC(=O)N1CCCC(Nc2ccnc(-c3cnn4ccccc34)n2)C1. The molecule has 3 aromatic rings. The number of piperidine rings is 1. The van der Waals surface area contributed by atoms with Crippen molar-refractivity contribution in [3.8, 4) is 11.4 Å². The van der Waals surface area contributed by atoms with Gasteiger partial charge in [0.25, 0.3) is 0 Å². The van der Waals surface area contributed by atoms with Crippen LogP contribution in [0.25, 0.3) is 16.9 Å². The maximum Gasteiger partial charge on any atom is 0.409 e. The maximum absolute atomic E-state index is 12.4. The van der Waals surface area contributed by atoms with E-state index in [4.69, 9.17) is 4.74 Å². The molecule has 8 nitrogen and oxygen atoms in total. The van der Waals surface area contributed by atoms with Crippen molar-refractivity contribution in [3.63, 3.8) is 0 Å². The van der Waals surface area contributed by atoms with Gasteiger partial charge >= 0.3 is 6.09 Å². The van der Waals surface area contributed by atoms with Crippen LogP contribution in [0.3, 0.4) is 0 Å². The molecule has 1 aliphatic heterocycles. The summed E-state index contributed by atoms with van der Waals surface area (Å²) in [6, 6.07) is 7.87. The molecular formula is C22H28N6O2. The second kappa shape index (κ2) is 8.30.